The van der Waals surface area contributed by atoms with E-state index in [1.54, 1.807) is 0 Å². The van der Waals surface area contributed by atoms with Crippen LogP contribution in [0.15, 0.2) is 18.2 Å². The first kappa shape index (κ1) is 9.57. The molecule has 1 radical (unpaired) electrons. The fraction of sp³-hybridized carbons (Fsp3) is 0.667. The summed E-state index contributed by atoms with van der Waals surface area (Å²) in [5, 5.41) is 0. The predicted octanol–water partition coefficient (Wildman–Crippen LogP) is 4.04. The second-order valence-electron chi connectivity index (χ2n) is 3.42. The van der Waals surface area contributed by atoms with Crippen LogP contribution in [-0.4, -0.2) is 0 Å². The third-order valence-corrected chi connectivity index (χ3v) is 2.26. The summed E-state index contributed by atoms with van der Waals surface area (Å²) < 4.78 is 0. The Morgan fingerprint density at radius 2 is 1.67 bits per heavy atom. The van der Waals surface area contributed by atoms with Gasteiger partial charge in [-0.2, -0.15) is 0 Å². The van der Waals surface area contributed by atoms with E-state index in [-0.39, 0.29) is 0 Å². The molecular formula is C12H19. The van der Waals surface area contributed by atoms with Crippen LogP contribution in [-0.2, 0) is 0 Å². The summed E-state index contributed by atoms with van der Waals surface area (Å²) >= 11 is 0. The van der Waals surface area contributed by atoms with Crippen molar-refractivity contribution in [2.24, 2.45) is 0 Å². The molecule has 0 spiro atoms. The minimum absolute atomic E-state index is 1.08. The molecule has 0 amide bonds. The molecule has 0 aromatic rings. The van der Waals surface area contributed by atoms with Gasteiger partial charge in [-0.1, -0.05) is 37.5 Å². The van der Waals surface area contributed by atoms with Crippen LogP contribution in [0.4, 0.5) is 0 Å². The highest BCUT2D eigenvalue weighted by molar-refractivity contribution is 4.89. The maximum Gasteiger partial charge on any atom is -0.0163 e. The van der Waals surface area contributed by atoms with Crippen LogP contribution >= 0.6 is 0 Å². The molecule has 0 N–H and O–H groups in total. The van der Waals surface area contributed by atoms with Gasteiger partial charge in [-0.05, 0) is 38.2 Å². The highest BCUT2D eigenvalue weighted by atomic mass is 14.0. The van der Waals surface area contributed by atoms with Crippen LogP contribution in [0, 0.1) is 6.08 Å². The van der Waals surface area contributed by atoms with E-state index in [9.17, 15) is 0 Å². The van der Waals surface area contributed by atoms with Crippen LogP contribution in [0.25, 0.3) is 0 Å². The van der Waals surface area contributed by atoms with Crippen molar-refractivity contribution >= 4 is 0 Å². The molecule has 0 heteroatoms. The summed E-state index contributed by atoms with van der Waals surface area (Å²) in [4.78, 5) is 0. The van der Waals surface area contributed by atoms with Gasteiger partial charge in [0.25, 0.3) is 0 Å². The van der Waals surface area contributed by atoms with E-state index in [4.69, 9.17) is 0 Å². The largest absolute Gasteiger partial charge is 0.0882 e. The lowest BCUT2D eigenvalue weighted by Crippen LogP contribution is -1.79. The molecule has 0 aromatic carbocycles. The topological polar surface area (TPSA) is 0 Å². The van der Waals surface area contributed by atoms with Crippen molar-refractivity contribution in [1.29, 1.82) is 0 Å². The SMILES string of the molecule is [C]1=C/C/C=C/CCCCCCC/1. The zero-order valence-electron chi connectivity index (χ0n) is 7.89. The first-order valence-corrected chi connectivity index (χ1v) is 5.20. The molecule has 0 nitrogen and oxygen atoms in total. The van der Waals surface area contributed by atoms with E-state index in [0.29, 0.717) is 0 Å². The summed E-state index contributed by atoms with van der Waals surface area (Å²) in [6, 6.07) is 0. The van der Waals surface area contributed by atoms with Gasteiger partial charge in [0.05, 0.1) is 0 Å². The van der Waals surface area contributed by atoms with Crippen LogP contribution in [0.3, 0.4) is 0 Å². The van der Waals surface area contributed by atoms with Gasteiger partial charge in [-0.25, -0.2) is 0 Å². The highest BCUT2D eigenvalue weighted by Crippen LogP contribution is 2.09. The zero-order chi connectivity index (χ0) is 8.49. The quantitative estimate of drug-likeness (QED) is 0.473. The molecule has 1 aliphatic rings. The third-order valence-electron chi connectivity index (χ3n) is 2.26. The van der Waals surface area contributed by atoms with Crippen LogP contribution in [0.1, 0.15) is 51.4 Å². The van der Waals surface area contributed by atoms with Gasteiger partial charge in [0.2, 0.25) is 0 Å². The number of allylic oxidation sites excluding steroid dienone is 4. The Morgan fingerprint density at radius 1 is 0.833 bits per heavy atom. The van der Waals surface area contributed by atoms with Crippen molar-refractivity contribution in [2.75, 3.05) is 0 Å². The molecule has 0 saturated carbocycles. The monoisotopic (exact) mass is 163 g/mol. The summed E-state index contributed by atoms with van der Waals surface area (Å²) in [6.07, 6.45) is 20.5. The molecule has 12 heavy (non-hydrogen) atoms. The predicted molar refractivity (Wildman–Crippen MR) is 53.9 cm³/mol. The fourth-order valence-corrected chi connectivity index (χ4v) is 1.49. The van der Waals surface area contributed by atoms with Gasteiger partial charge < -0.3 is 0 Å². The minimum atomic E-state index is 1.08. The van der Waals surface area contributed by atoms with Crippen LogP contribution in [0.5, 0.6) is 0 Å². The van der Waals surface area contributed by atoms with Gasteiger partial charge in [-0.3, -0.25) is 0 Å². The molecule has 1 rings (SSSR count). The third kappa shape index (κ3) is 5.17. The maximum absolute atomic E-state index is 3.33. The Kier molecular flexibility index (Phi) is 5.70. The Balaban J connectivity index is 2.20. The van der Waals surface area contributed by atoms with E-state index >= 15 is 0 Å². The molecule has 0 aromatic heterocycles. The van der Waals surface area contributed by atoms with Gasteiger partial charge in [0.1, 0.15) is 0 Å². The molecular weight excluding hydrogens is 144 g/mol. The molecule has 0 bridgehead atoms. The second kappa shape index (κ2) is 7.15. The summed E-state index contributed by atoms with van der Waals surface area (Å²) in [7, 11) is 0. The van der Waals surface area contributed by atoms with Gasteiger partial charge in [0.15, 0.2) is 0 Å². The molecule has 0 heterocycles. The number of rotatable bonds is 0. The Morgan fingerprint density at radius 3 is 2.67 bits per heavy atom. The summed E-state index contributed by atoms with van der Waals surface area (Å²) in [6.45, 7) is 0. The van der Waals surface area contributed by atoms with Crippen molar-refractivity contribution < 1.29 is 0 Å². The molecule has 0 saturated heterocycles. The van der Waals surface area contributed by atoms with Crippen LogP contribution < -0.4 is 0 Å². The lowest BCUT2D eigenvalue weighted by Gasteiger charge is -1.98. The van der Waals surface area contributed by atoms with E-state index in [1.165, 1.54) is 38.5 Å². The summed E-state index contributed by atoms with van der Waals surface area (Å²) in [5.41, 5.74) is 0. The molecule has 0 atom stereocenters. The highest BCUT2D eigenvalue weighted by Gasteiger charge is 1.89. The fourth-order valence-electron chi connectivity index (χ4n) is 1.49. The first-order valence-electron chi connectivity index (χ1n) is 5.20. The smallest absolute Gasteiger partial charge is 0.0163 e. The van der Waals surface area contributed by atoms with Gasteiger partial charge >= 0.3 is 0 Å². The lowest BCUT2D eigenvalue weighted by atomic mass is 10.1. The molecule has 0 fully saturated rings. The van der Waals surface area contributed by atoms with Crippen molar-refractivity contribution in [1.82, 2.24) is 0 Å². The Hall–Kier alpha value is -0.520. The van der Waals surface area contributed by atoms with Crippen LogP contribution in [0.2, 0.25) is 0 Å². The summed E-state index contributed by atoms with van der Waals surface area (Å²) in [5.74, 6) is 0. The van der Waals surface area contributed by atoms with E-state index < -0.39 is 0 Å². The lowest BCUT2D eigenvalue weighted by molar-refractivity contribution is 0.618. The first-order chi connectivity index (χ1) is 6.00. The molecule has 1 aliphatic carbocycles. The van der Waals surface area contributed by atoms with E-state index in [0.717, 1.165) is 12.8 Å². The molecule has 0 aliphatic heterocycles. The number of hydrogen-bond acceptors (Lipinski definition) is 0. The molecule has 0 unspecified atom stereocenters. The average molecular weight is 163 g/mol. The van der Waals surface area contributed by atoms with Crippen molar-refractivity contribution in [3.63, 3.8) is 0 Å². The standard InChI is InChI=1S/C12H19/c1-2-4-6-8-10-12-11-9-7-5-3-1/h1-2,5H,3-4,6,8-12H2/b2-1+,7-5?. The second-order valence-corrected chi connectivity index (χ2v) is 3.42. The maximum atomic E-state index is 3.33. The average Bonchev–Trinajstić information content (AvgIpc) is 2.05. The van der Waals surface area contributed by atoms with E-state index in [1.807, 2.05) is 0 Å². The van der Waals surface area contributed by atoms with Crippen molar-refractivity contribution in [3.05, 3.63) is 24.3 Å². The van der Waals surface area contributed by atoms with Crippen molar-refractivity contribution in [3.8, 4) is 0 Å². The van der Waals surface area contributed by atoms with Gasteiger partial charge in [-0.15, -0.1) is 0 Å². The van der Waals surface area contributed by atoms with E-state index in [2.05, 4.69) is 24.3 Å². The normalized spacial score (nSPS) is 26.7. The van der Waals surface area contributed by atoms with Gasteiger partial charge in [0, 0.05) is 0 Å². The minimum Gasteiger partial charge on any atom is -0.0882 e. The Bertz CT molecular complexity index is 126. The molecule has 67 valence electrons. The number of hydrogen-bond donors (Lipinski definition) is 0. The Labute approximate surface area is 76.4 Å². The van der Waals surface area contributed by atoms with Crippen molar-refractivity contribution in [2.45, 2.75) is 51.4 Å². The zero-order valence-corrected chi connectivity index (χ0v) is 7.89.